The highest BCUT2D eigenvalue weighted by Gasteiger charge is 2.55. The topological polar surface area (TPSA) is 41.9 Å². The molecule has 3 aliphatic carbocycles. The zero-order chi connectivity index (χ0) is 26.2. The van der Waals surface area contributed by atoms with Gasteiger partial charge in [0.2, 0.25) is 0 Å². The summed E-state index contributed by atoms with van der Waals surface area (Å²) in [5, 5.41) is 10.0. The largest absolute Gasteiger partial charge is 0.508 e. The van der Waals surface area contributed by atoms with Gasteiger partial charge in [0.15, 0.2) is 11.5 Å². The second-order valence-corrected chi connectivity index (χ2v) is 12.3. The van der Waals surface area contributed by atoms with Crippen LogP contribution in [0.15, 0.2) is 36.4 Å². The molecule has 0 aromatic heterocycles. The first kappa shape index (κ1) is 28.8. The van der Waals surface area contributed by atoms with Crippen molar-refractivity contribution in [1.29, 1.82) is 0 Å². The SMILES string of the molecule is C.CCN(CC)Cc1ccc(OCC[C@H]2CCC3C4C(CCC32C)c2ccc(O)cc2C[C@H]4C)c(OC)c1. The Morgan fingerprint density at radius 1 is 1.03 bits per heavy atom. The molecule has 4 unspecified atom stereocenters. The van der Waals surface area contributed by atoms with Crippen molar-refractivity contribution in [2.45, 2.75) is 86.1 Å². The minimum absolute atomic E-state index is 0. The van der Waals surface area contributed by atoms with Gasteiger partial charge in [0.05, 0.1) is 13.7 Å². The Morgan fingerprint density at radius 2 is 1.82 bits per heavy atom. The molecule has 2 aromatic rings. The predicted octanol–water partition coefficient (Wildman–Crippen LogP) is 8.07. The Bertz CT molecular complexity index is 1080. The number of ether oxygens (including phenoxy) is 2. The molecule has 0 heterocycles. The van der Waals surface area contributed by atoms with E-state index in [2.05, 4.69) is 56.9 Å². The molecule has 4 nitrogen and oxygen atoms in total. The molecule has 0 aliphatic heterocycles. The van der Waals surface area contributed by atoms with Crippen LogP contribution in [-0.4, -0.2) is 36.8 Å². The highest BCUT2D eigenvalue weighted by molar-refractivity contribution is 5.43. The molecule has 5 rings (SSSR count). The van der Waals surface area contributed by atoms with Crippen LogP contribution in [0.4, 0.5) is 0 Å². The number of nitrogens with zero attached hydrogens (tertiary/aromatic N) is 1. The average Bonchev–Trinajstić information content (AvgIpc) is 3.23. The number of methoxy groups -OCH3 is 1. The monoisotopic (exact) mass is 521 g/mol. The molecule has 2 saturated carbocycles. The molecule has 4 heteroatoms. The molecule has 0 radical (unpaired) electrons. The van der Waals surface area contributed by atoms with Crippen molar-refractivity contribution >= 4 is 0 Å². The second kappa shape index (κ2) is 11.9. The normalized spacial score (nSPS) is 29.7. The van der Waals surface area contributed by atoms with Crippen LogP contribution in [0.1, 0.15) is 89.8 Å². The summed E-state index contributed by atoms with van der Waals surface area (Å²) in [6.07, 6.45) is 7.48. The van der Waals surface area contributed by atoms with Gasteiger partial charge >= 0.3 is 0 Å². The summed E-state index contributed by atoms with van der Waals surface area (Å²) >= 11 is 0. The fraction of sp³-hybridized carbons (Fsp3) is 0.647. The molecule has 0 saturated heterocycles. The lowest BCUT2D eigenvalue weighted by Crippen LogP contribution is -2.45. The Labute approximate surface area is 231 Å². The van der Waals surface area contributed by atoms with Gasteiger partial charge in [-0.2, -0.15) is 0 Å². The van der Waals surface area contributed by atoms with E-state index >= 15 is 0 Å². The van der Waals surface area contributed by atoms with Crippen molar-refractivity contribution in [3.8, 4) is 17.2 Å². The van der Waals surface area contributed by atoms with E-state index in [0.717, 1.165) is 68.3 Å². The van der Waals surface area contributed by atoms with Crippen LogP contribution >= 0.6 is 0 Å². The third-order valence-electron chi connectivity index (χ3n) is 10.5. The fourth-order valence-electron chi connectivity index (χ4n) is 8.49. The van der Waals surface area contributed by atoms with Gasteiger partial charge in [0.1, 0.15) is 5.75 Å². The lowest BCUT2D eigenvalue weighted by atomic mass is 9.51. The summed E-state index contributed by atoms with van der Waals surface area (Å²) < 4.78 is 12.1. The maximum atomic E-state index is 10.0. The van der Waals surface area contributed by atoms with Crippen molar-refractivity contribution in [2.24, 2.45) is 29.1 Å². The first-order valence-electron chi connectivity index (χ1n) is 14.7. The maximum Gasteiger partial charge on any atom is 0.161 e. The summed E-state index contributed by atoms with van der Waals surface area (Å²) in [5.41, 5.74) is 4.59. The molecule has 38 heavy (non-hydrogen) atoms. The van der Waals surface area contributed by atoms with Gasteiger partial charge in [0, 0.05) is 6.54 Å². The minimum Gasteiger partial charge on any atom is -0.508 e. The van der Waals surface area contributed by atoms with Gasteiger partial charge < -0.3 is 14.6 Å². The van der Waals surface area contributed by atoms with E-state index in [4.69, 9.17) is 9.47 Å². The second-order valence-electron chi connectivity index (χ2n) is 12.3. The molecule has 2 fully saturated rings. The molecular weight excluding hydrogens is 470 g/mol. The number of phenols is 1. The van der Waals surface area contributed by atoms with Gasteiger partial charge in [-0.3, -0.25) is 4.90 Å². The molecule has 0 spiro atoms. The number of aromatic hydroxyl groups is 1. The van der Waals surface area contributed by atoms with E-state index in [0.29, 0.717) is 23.0 Å². The first-order chi connectivity index (χ1) is 17.9. The first-order valence-corrected chi connectivity index (χ1v) is 14.7. The summed E-state index contributed by atoms with van der Waals surface area (Å²) in [6.45, 7) is 13.3. The van der Waals surface area contributed by atoms with Gasteiger partial charge in [-0.15, -0.1) is 0 Å². The van der Waals surface area contributed by atoms with E-state index in [1.807, 2.05) is 12.1 Å². The number of rotatable bonds is 9. The number of benzene rings is 2. The third kappa shape index (κ3) is 5.30. The fourth-order valence-corrected chi connectivity index (χ4v) is 8.49. The van der Waals surface area contributed by atoms with Crippen LogP contribution in [0, 0.1) is 29.1 Å². The van der Waals surface area contributed by atoms with Gasteiger partial charge in [0.25, 0.3) is 0 Å². The van der Waals surface area contributed by atoms with Crippen molar-refractivity contribution in [2.75, 3.05) is 26.8 Å². The van der Waals surface area contributed by atoms with Gasteiger partial charge in [-0.05, 0) is 128 Å². The van der Waals surface area contributed by atoms with Crippen LogP contribution in [0.2, 0.25) is 0 Å². The van der Waals surface area contributed by atoms with Crippen molar-refractivity contribution in [3.63, 3.8) is 0 Å². The van der Waals surface area contributed by atoms with E-state index in [-0.39, 0.29) is 7.43 Å². The van der Waals surface area contributed by atoms with Crippen LogP contribution < -0.4 is 9.47 Å². The molecule has 1 N–H and O–H groups in total. The molecule has 2 aromatic carbocycles. The molecule has 0 amide bonds. The molecule has 210 valence electrons. The highest BCUT2D eigenvalue weighted by atomic mass is 16.5. The van der Waals surface area contributed by atoms with E-state index in [1.165, 1.54) is 42.4 Å². The number of fused-ring (bicyclic) bond motifs is 5. The van der Waals surface area contributed by atoms with Crippen LogP contribution in [0.5, 0.6) is 17.2 Å². The van der Waals surface area contributed by atoms with E-state index in [9.17, 15) is 5.11 Å². The number of phenolic OH excluding ortho intramolecular Hbond substituents is 1. The highest BCUT2D eigenvalue weighted by Crippen LogP contribution is 2.64. The lowest BCUT2D eigenvalue weighted by molar-refractivity contribution is 0.000862. The molecule has 0 bridgehead atoms. The minimum atomic E-state index is 0. The van der Waals surface area contributed by atoms with Crippen LogP contribution in [-0.2, 0) is 13.0 Å². The van der Waals surface area contributed by atoms with Crippen molar-refractivity contribution < 1.29 is 14.6 Å². The quantitative estimate of drug-likeness (QED) is 0.362. The average molecular weight is 522 g/mol. The summed E-state index contributed by atoms with van der Waals surface area (Å²) in [5.74, 6) is 5.75. The van der Waals surface area contributed by atoms with E-state index in [1.54, 1.807) is 7.11 Å². The van der Waals surface area contributed by atoms with Gasteiger partial charge in [-0.25, -0.2) is 0 Å². The van der Waals surface area contributed by atoms with Gasteiger partial charge in [-0.1, -0.05) is 47.3 Å². The molecule has 3 aliphatic rings. The summed E-state index contributed by atoms with van der Waals surface area (Å²) in [4.78, 5) is 2.41. The predicted molar refractivity (Wildman–Crippen MR) is 157 cm³/mol. The number of hydrogen-bond donors (Lipinski definition) is 1. The Kier molecular flexibility index (Phi) is 9.02. The maximum absolute atomic E-state index is 10.0. The Balaban J connectivity index is 0.00000336. The standard InChI is InChI=1S/C33H47NO3.CH4/c1-6-34(7-2)21-23-8-13-30(31(19-23)36-5)37-17-15-25-9-12-29-32-22(3)18-24-20-26(35)10-11-27(24)28(32)14-16-33(25,29)4;/h8,10-11,13,19-20,22,25,28-29,32,35H,6-7,9,12,14-18,21H2,1-5H3;1H4/t22-,25-,28?,29?,32?,33?;/m1./s1. The Morgan fingerprint density at radius 3 is 2.55 bits per heavy atom. The van der Waals surface area contributed by atoms with Crippen molar-refractivity contribution in [3.05, 3.63) is 53.1 Å². The lowest BCUT2D eigenvalue weighted by Gasteiger charge is -2.53. The van der Waals surface area contributed by atoms with E-state index < -0.39 is 0 Å². The zero-order valence-electron chi connectivity index (χ0n) is 23.6. The summed E-state index contributed by atoms with van der Waals surface area (Å²) in [7, 11) is 1.75. The third-order valence-corrected chi connectivity index (χ3v) is 10.5. The zero-order valence-corrected chi connectivity index (χ0v) is 23.6. The summed E-state index contributed by atoms with van der Waals surface area (Å²) in [6, 6.07) is 12.6. The van der Waals surface area contributed by atoms with Crippen LogP contribution in [0.3, 0.4) is 0 Å². The van der Waals surface area contributed by atoms with Crippen molar-refractivity contribution in [1.82, 2.24) is 4.90 Å². The Hall–Kier alpha value is -2.20. The number of hydrogen-bond acceptors (Lipinski definition) is 4. The smallest absolute Gasteiger partial charge is 0.161 e. The van der Waals surface area contributed by atoms with Crippen LogP contribution in [0.25, 0.3) is 0 Å². The molecular formula is C34H51NO3. The molecule has 6 atom stereocenters.